The van der Waals surface area contributed by atoms with E-state index in [4.69, 9.17) is 14.7 Å². The highest BCUT2D eigenvalue weighted by atomic mass is 32.2. The number of ether oxygens (including phenoxy) is 2. The third-order valence-corrected chi connectivity index (χ3v) is 5.18. The fourth-order valence-corrected chi connectivity index (χ4v) is 3.66. The highest BCUT2D eigenvalue weighted by Gasteiger charge is 2.29. The van der Waals surface area contributed by atoms with E-state index in [-0.39, 0.29) is 30.6 Å². The molecule has 30 heavy (non-hydrogen) atoms. The topological polar surface area (TPSA) is 130 Å². The molecule has 0 saturated carbocycles. The second kappa shape index (κ2) is 11.1. The number of methoxy groups -OCH3 is 1. The van der Waals surface area contributed by atoms with Crippen molar-refractivity contribution in [3.63, 3.8) is 0 Å². The summed E-state index contributed by atoms with van der Waals surface area (Å²) in [4.78, 5) is 36.1. The molecule has 0 radical (unpaired) electrons. The molecule has 0 saturated heterocycles. The number of nitriles is 1. The number of esters is 1. The molecule has 0 aromatic heterocycles. The monoisotopic (exact) mass is 432 g/mol. The van der Waals surface area contributed by atoms with Gasteiger partial charge in [-0.1, -0.05) is 6.07 Å². The number of rotatable bonds is 9. The third-order valence-electron chi connectivity index (χ3n) is 4.22. The van der Waals surface area contributed by atoms with Crippen LogP contribution in [0.3, 0.4) is 0 Å². The Labute approximate surface area is 179 Å². The first kappa shape index (κ1) is 23.1. The van der Waals surface area contributed by atoms with Crippen LogP contribution in [0.15, 0.2) is 29.5 Å². The SMILES string of the molecule is CCOC(=O)C1=C(CSCC(=O)NCc2ccc(OC)c(C#N)c2)NC(=O)NC1C. The molecular weight excluding hydrogens is 408 g/mol. The van der Waals surface area contributed by atoms with Crippen molar-refractivity contribution in [1.82, 2.24) is 16.0 Å². The lowest BCUT2D eigenvalue weighted by Gasteiger charge is -2.26. The summed E-state index contributed by atoms with van der Waals surface area (Å²) in [5.74, 6) is 0.192. The van der Waals surface area contributed by atoms with Gasteiger partial charge in [0.2, 0.25) is 5.91 Å². The maximum atomic E-state index is 12.2. The fourth-order valence-electron chi connectivity index (χ4n) is 2.84. The Kier molecular flexibility index (Phi) is 8.55. The normalized spacial score (nSPS) is 15.5. The molecule has 2 rings (SSSR count). The molecule has 3 N–H and O–H groups in total. The van der Waals surface area contributed by atoms with Crippen molar-refractivity contribution in [3.05, 3.63) is 40.6 Å². The molecule has 160 valence electrons. The zero-order valence-electron chi connectivity index (χ0n) is 17.0. The minimum Gasteiger partial charge on any atom is -0.495 e. The Hall–Kier alpha value is -3.19. The standard InChI is InChI=1S/C20H24N4O5S/c1-4-29-19(26)18-12(2)23-20(27)24-15(18)10-30-11-17(25)22-9-13-5-6-16(28-3)14(7-13)8-21/h5-7,12H,4,9-11H2,1-3H3,(H,22,25)(H2,23,24,27). The summed E-state index contributed by atoms with van der Waals surface area (Å²) < 4.78 is 10.2. The minimum absolute atomic E-state index is 0.137. The highest BCUT2D eigenvalue weighted by molar-refractivity contribution is 8.00. The van der Waals surface area contributed by atoms with E-state index >= 15 is 0 Å². The zero-order chi connectivity index (χ0) is 22.1. The van der Waals surface area contributed by atoms with Gasteiger partial charge < -0.3 is 25.4 Å². The van der Waals surface area contributed by atoms with E-state index in [9.17, 15) is 14.4 Å². The molecule has 1 heterocycles. The van der Waals surface area contributed by atoms with Gasteiger partial charge in [0.15, 0.2) is 0 Å². The van der Waals surface area contributed by atoms with Crippen molar-refractivity contribution < 1.29 is 23.9 Å². The molecule has 3 amide bonds. The van der Waals surface area contributed by atoms with Gasteiger partial charge in [-0.15, -0.1) is 11.8 Å². The third kappa shape index (κ3) is 6.15. The Morgan fingerprint density at radius 2 is 2.13 bits per heavy atom. The molecular formula is C20H24N4O5S. The number of benzene rings is 1. The van der Waals surface area contributed by atoms with Gasteiger partial charge >= 0.3 is 12.0 Å². The highest BCUT2D eigenvalue weighted by Crippen LogP contribution is 2.19. The zero-order valence-corrected chi connectivity index (χ0v) is 17.9. The lowest BCUT2D eigenvalue weighted by Crippen LogP contribution is -2.49. The van der Waals surface area contributed by atoms with E-state index in [1.165, 1.54) is 18.9 Å². The van der Waals surface area contributed by atoms with Crippen molar-refractivity contribution >= 4 is 29.7 Å². The minimum atomic E-state index is -0.495. The van der Waals surface area contributed by atoms with Crippen LogP contribution < -0.4 is 20.7 Å². The van der Waals surface area contributed by atoms with E-state index in [0.29, 0.717) is 22.6 Å². The van der Waals surface area contributed by atoms with Crippen molar-refractivity contribution in [2.45, 2.75) is 26.4 Å². The van der Waals surface area contributed by atoms with Gasteiger partial charge in [-0.05, 0) is 31.5 Å². The van der Waals surface area contributed by atoms with Gasteiger partial charge in [0, 0.05) is 18.0 Å². The summed E-state index contributed by atoms with van der Waals surface area (Å²) in [5.41, 5.74) is 1.97. The molecule has 9 nitrogen and oxygen atoms in total. The van der Waals surface area contributed by atoms with Crippen LogP contribution in [0, 0.1) is 11.3 Å². The van der Waals surface area contributed by atoms with Crippen LogP contribution in [-0.2, 0) is 20.9 Å². The van der Waals surface area contributed by atoms with Crippen LogP contribution in [-0.4, -0.2) is 49.2 Å². The van der Waals surface area contributed by atoms with Gasteiger partial charge in [-0.25, -0.2) is 9.59 Å². The second-order valence-corrected chi connectivity index (χ2v) is 7.33. The van der Waals surface area contributed by atoms with Crippen LogP contribution >= 0.6 is 11.8 Å². The van der Waals surface area contributed by atoms with Crippen LogP contribution in [0.5, 0.6) is 5.75 Å². The van der Waals surface area contributed by atoms with Crippen LogP contribution in [0.4, 0.5) is 4.79 Å². The molecule has 0 spiro atoms. The van der Waals surface area contributed by atoms with E-state index < -0.39 is 18.0 Å². The molecule has 1 atom stereocenters. The Morgan fingerprint density at radius 1 is 1.37 bits per heavy atom. The molecule has 0 fully saturated rings. The summed E-state index contributed by atoms with van der Waals surface area (Å²) in [5, 5.41) is 17.2. The number of carbonyl (C=O) groups excluding carboxylic acids is 3. The maximum absolute atomic E-state index is 12.2. The lowest BCUT2D eigenvalue weighted by atomic mass is 10.1. The lowest BCUT2D eigenvalue weighted by molar-refractivity contribution is -0.139. The quantitative estimate of drug-likeness (QED) is 0.503. The summed E-state index contributed by atoms with van der Waals surface area (Å²) >= 11 is 1.27. The van der Waals surface area contributed by atoms with Crippen LogP contribution in [0.25, 0.3) is 0 Å². The number of urea groups is 1. The molecule has 1 aliphatic rings. The molecule has 10 heteroatoms. The fraction of sp³-hybridized carbons (Fsp3) is 0.400. The van der Waals surface area contributed by atoms with Crippen molar-refractivity contribution in [2.24, 2.45) is 0 Å². The van der Waals surface area contributed by atoms with Gasteiger partial charge in [0.1, 0.15) is 11.8 Å². The molecule has 1 aromatic carbocycles. The molecule has 1 aliphatic heterocycles. The summed E-state index contributed by atoms with van der Waals surface area (Å²) in [6.45, 7) is 3.91. The van der Waals surface area contributed by atoms with E-state index in [0.717, 1.165) is 5.56 Å². The Morgan fingerprint density at radius 3 is 2.80 bits per heavy atom. The first-order chi connectivity index (χ1) is 14.4. The Balaban J connectivity index is 1.91. The van der Waals surface area contributed by atoms with Gasteiger partial charge in [-0.2, -0.15) is 5.26 Å². The Bertz CT molecular complexity index is 894. The first-order valence-electron chi connectivity index (χ1n) is 9.28. The largest absolute Gasteiger partial charge is 0.495 e. The van der Waals surface area contributed by atoms with E-state index in [2.05, 4.69) is 22.0 Å². The molecule has 0 aliphatic carbocycles. The van der Waals surface area contributed by atoms with E-state index in [1.54, 1.807) is 32.0 Å². The summed E-state index contributed by atoms with van der Waals surface area (Å²) in [7, 11) is 1.49. The summed E-state index contributed by atoms with van der Waals surface area (Å²) in [6.07, 6.45) is 0. The number of hydrogen-bond donors (Lipinski definition) is 3. The molecule has 1 aromatic rings. The number of nitrogens with zero attached hydrogens (tertiary/aromatic N) is 1. The number of hydrogen-bond acceptors (Lipinski definition) is 7. The van der Waals surface area contributed by atoms with Crippen LogP contribution in [0.1, 0.15) is 25.0 Å². The first-order valence-corrected chi connectivity index (χ1v) is 10.4. The predicted octanol–water partition coefficient (Wildman–Crippen LogP) is 1.43. The second-order valence-electron chi connectivity index (χ2n) is 6.35. The van der Waals surface area contributed by atoms with Crippen molar-refractivity contribution in [3.8, 4) is 11.8 Å². The number of amides is 3. The summed E-state index contributed by atoms with van der Waals surface area (Å²) in [6, 6.07) is 6.28. The number of thioether (sulfide) groups is 1. The molecule has 1 unspecified atom stereocenters. The smallest absolute Gasteiger partial charge is 0.337 e. The van der Waals surface area contributed by atoms with Crippen LogP contribution in [0.2, 0.25) is 0 Å². The van der Waals surface area contributed by atoms with E-state index in [1.807, 2.05) is 0 Å². The maximum Gasteiger partial charge on any atom is 0.337 e. The number of nitrogens with one attached hydrogen (secondary N) is 3. The predicted molar refractivity (Wildman–Crippen MR) is 112 cm³/mol. The molecule has 0 bridgehead atoms. The van der Waals surface area contributed by atoms with Gasteiger partial charge in [0.25, 0.3) is 0 Å². The van der Waals surface area contributed by atoms with Gasteiger partial charge in [0.05, 0.1) is 36.6 Å². The number of carbonyl (C=O) groups is 3. The van der Waals surface area contributed by atoms with Crippen molar-refractivity contribution in [2.75, 3.05) is 25.2 Å². The van der Waals surface area contributed by atoms with Crippen molar-refractivity contribution in [1.29, 1.82) is 5.26 Å². The van der Waals surface area contributed by atoms with Gasteiger partial charge in [-0.3, -0.25) is 4.79 Å². The average molecular weight is 433 g/mol. The average Bonchev–Trinajstić information content (AvgIpc) is 2.71.